The summed E-state index contributed by atoms with van der Waals surface area (Å²) >= 11 is 12.8. The zero-order chi connectivity index (χ0) is 23.1. The highest BCUT2D eigenvalue weighted by Crippen LogP contribution is 2.32. The number of ether oxygens (including phenoxy) is 2. The first-order valence-electron chi connectivity index (χ1n) is 9.30. The molecule has 0 saturated carbocycles. The summed E-state index contributed by atoms with van der Waals surface area (Å²) in [4.78, 5) is 24.5. The van der Waals surface area contributed by atoms with Crippen LogP contribution >= 0.6 is 43.5 Å². The Bertz CT molecular complexity index is 1170. The standard InChI is InChI=1S/C23H17Br2ClN2O4/c1-14-9-18(7-8-20(14)26)31-13-21(29)28-27-12-16-10-17(24)11-19(25)22(16)32-23(30)15-5-3-2-4-6-15/h2-12H,13H2,1H3,(H,28,29)/b27-12+. The van der Waals surface area contributed by atoms with Crippen LogP contribution in [-0.4, -0.2) is 24.7 Å². The third-order valence-corrected chi connectivity index (χ3v) is 5.60. The molecule has 0 aliphatic rings. The predicted molar refractivity (Wildman–Crippen MR) is 131 cm³/mol. The van der Waals surface area contributed by atoms with E-state index in [9.17, 15) is 9.59 Å². The SMILES string of the molecule is Cc1cc(OCC(=O)N/N=C/c2cc(Br)cc(Br)c2OC(=O)c2ccccc2)ccc1Cl. The quantitative estimate of drug-likeness (QED) is 0.163. The molecule has 6 nitrogen and oxygen atoms in total. The van der Waals surface area contributed by atoms with Crippen LogP contribution in [0.1, 0.15) is 21.5 Å². The number of esters is 1. The fraction of sp³-hybridized carbons (Fsp3) is 0.0870. The number of carbonyl (C=O) groups excluding carboxylic acids is 2. The van der Waals surface area contributed by atoms with Crippen LogP contribution in [0.4, 0.5) is 0 Å². The number of carbonyl (C=O) groups is 2. The Hall–Kier alpha value is -2.68. The summed E-state index contributed by atoms with van der Waals surface area (Å²) in [5.41, 5.74) is 4.12. The van der Waals surface area contributed by atoms with Gasteiger partial charge in [0.15, 0.2) is 12.4 Å². The molecule has 0 aromatic heterocycles. The number of halogens is 3. The molecular formula is C23H17Br2ClN2O4. The summed E-state index contributed by atoms with van der Waals surface area (Å²) in [5, 5.41) is 4.57. The molecule has 3 aromatic rings. The molecule has 32 heavy (non-hydrogen) atoms. The third kappa shape index (κ3) is 6.66. The largest absolute Gasteiger partial charge is 0.484 e. The van der Waals surface area contributed by atoms with E-state index < -0.39 is 11.9 Å². The van der Waals surface area contributed by atoms with Gasteiger partial charge in [0.2, 0.25) is 0 Å². The maximum Gasteiger partial charge on any atom is 0.343 e. The average Bonchev–Trinajstić information content (AvgIpc) is 2.77. The smallest absolute Gasteiger partial charge is 0.343 e. The maximum absolute atomic E-state index is 12.5. The summed E-state index contributed by atoms with van der Waals surface area (Å²) in [6.45, 7) is 1.62. The Morgan fingerprint density at radius 2 is 1.84 bits per heavy atom. The highest BCUT2D eigenvalue weighted by atomic mass is 79.9. The molecule has 0 heterocycles. The second-order valence-corrected chi connectivity index (χ2v) is 8.73. The molecule has 0 aliphatic heterocycles. The van der Waals surface area contributed by atoms with E-state index in [1.165, 1.54) is 6.21 Å². The van der Waals surface area contributed by atoms with Crippen LogP contribution in [0, 0.1) is 6.92 Å². The van der Waals surface area contributed by atoms with Crippen molar-refractivity contribution < 1.29 is 19.1 Å². The molecule has 164 valence electrons. The summed E-state index contributed by atoms with van der Waals surface area (Å²) in [6.07, 6.45) is 1.38. The lowest BCUT2D eigenvalue weighted by atomic mass is 10.2. The molecule has 1 N–H and O–H groups in total. The normalized spacial score (nSPS) is 10.8. The molecule has 0 fully saturated rings. The van der Waals surface area contributed by atoms with Gasteiger partial charge in [-0.05, 0) is 70.9 Å². The molecule has 3 aromatic carbocycles. The molecule has 0 radical (unpaired) electrons. The van der Waals surface area contributed by atoms with Gasteiger partial charge < -0.3 is 9.47 Å². The molecule has 0 aliphatic carbocycles. The van der Waals surface area contributed by atoms with E-state index in [0.717, 1.165) is 10.0 Å². The summed E-state index contributed by atoms with van der Waals surface area (Å²) in [7, 11) is 0. The Morgan fingerprint density at radius 3 is 2.56 bits per heavy atom. The van der Waals surface area contributed by atoms with Gasteiger partial charge in [-0.1, -0.05) is 45.7 Å². The second kappa shape index (κ2) is 11.3. The fourth-order valence-electron chi connectivity index (χ4n) is 2.57. The van der Waals surface area contributed by atoms with Crippen molar-refractivity contribution in [3.8, 4) is 11.5 Å². The molecule has 0 unspecified atom stereocenters. The van der Waals surface area contributed by atoms with Crippen molar-refractivity contribution >= 4 is 61.6 Å². The molecule has 0 saturated heterocycles. The van der Waals surface area contributed by atoms with Gasteiger partial charge in [0.05, 0.1) is 16.3 Å². The van der Waals surface area contributed by atoms with Crippen LogP contribution in [0.5, 0.6) is 11.5 Å². The number of amides is 1. The number of hydrogen-bond acceptors (Lipinski definition) is 5. The van der Waals surface area contributed by atoms with E-state index in [2.05, 4.69) is 42.4 Å². The molecule has 0 spiro atoms. The van der Waals surface area contributed by atoms with Crippen molar-refractivity contribution in [2.45, 2.75) is 6.92 Å². The third-order valence-electron chi connectivity index (χ3n) is 4.13. The molecule has 1 amide bonds. The van der Waals surface area contributed by atoms with E-state index in [4.69, 9.17) is 21.1 Å². The van der Waals surface area contributed by atoms with E-state index >= 15 is 0 Å². The Kier molecular flexibility index (Phi) is 8.44. The van der Waals surface area contributed by atoms with Crippen LogP contribution in [0.25, 0.3) is 0 Å². The monoisotopic (exact) mass is 578 g/mol. The van der Waals surface area contributed by atoms with Crippen LogP contribution in [-0.2, 0) is 4.79 Å². The Labute approximate surface area is 206 Å². The second-order valence-electron chi connectivity index (χ2n) is 6.55. The van der Waals surface area contributed by atoms with Crippen molar-refractivity contribution in [2.24, 2.45) is 5.10 Å². The zero-order valence-electron chi connectivity index (χ0n) is 16.8. The van der Waals surface area contributed by atoms with Gasteiger partial charge in [-0.2, -0.15) is 5.10 Å². The summed E-state index contributed by atoms with van der Waals surface area (Å²) in [6, 6.07) is 17.2. The van der Waals surface area contributed by atoms with E-state index in [1.807, 2.05) is 13.0 Å². The minimum absolute atomic E-state index is 0.226. The van der Waals surface area contributed by atoms with Crippen LogP contribution in [0.15, 0.2) is 74.7 Å². The molecule has 9 heteroatoms. The van der Waals surface area contributed by atoms with Gasteiger partial charge in [-0.25, -0.2) is 10.2 Å². The van der Waals surface area contributed by atoms with Crippen molar-refractivity contribution in [1.29, 1.82) is 0 Å². The van der Waals surface area contributed by atoms with Gasteiger partial charge in [-0.15, -0.1) is 0 Å². The first kappa shape index (κ1) is 24.0. The first-order valence-corrected chi connectivity index (χ1v) is 11.3. The van der Waals surface area contributed by atoms with Crippen molar-refractivity contribution in [3.63, 3.8) is 0 Å². The van der Waals surface area contributed by atoms with Crippen LogP contribution in [0.2, 0.25) is 5.02 Å². The molecule has 0 bridgehead atoms. The highest BCUT2D eigenvalue weighted by Gasteiger charge is 2.15. The van der Waals surface area contributed by atoms with Gasteiger partial charge >= 0.3 is 5.97 Å². The van der Waals surface area contributed by atoms with Gasteiger partial charge in [0.25, 0.3) is 5.91 Å². The van der Waals surface area contributed by atoms with E-state index in [1.54, 1.807) is 54.6 Å². The van der Waals surface area contributed by atoms with E-state index in [-0.39, 0.29) is 12.4 Å². The zero-order valence-corrected chi connectivity index (χ0v) is 20.7. The molecule has 0 atom stereocenters. The Morgan fingerprint density at radius 1 is 1.09 bits per heavy atom. The van der Waals surface area contributed by atoms with Gasteiger partial charge in [0.1, 0.15) is 5.75 Å². The first-order chi connectivity index (χ1) is 15.3. The lowest BCUT2D eigenvalue weighted by Crippen LogP contribution is -2.24. The van der Waals surface area contributed by atoms with Crippen LogP contribution < -0.4 is 14.9 Å². The number of benzene rings is 3. The maximum atomic E-state index is 12.5. The van der Waals surface area contributed by atoms with Crippen molar-refractivity contribution in [3.05, 3.63) is 91.3 Å². The van der Waals surface area contributed by atoms with Crippen LogP contribution in [0.3, 0.4) is 0 Å². The van der Waals surface area contributed by atoms with Crippen molar-refractivity contribution in [2.75, 3.05) is 6.61 Å². The minimum atomic E-state index is -0.515. The summed E-state index contributed by atoms with van der Waals surface area (Å²) in [5.74, 6) is -0.172. The van der Waals surface area contributed by atoms with Gasteiger partial charge in [0, 0.05) is 15.1 Å². The van der Waals surface area contributed by atoms with E-state index in [0.29, 0.717) is 26.4 Å². The topological polar surface area (TPSA) is 77.0 Å². The minimum Gasteiger partial charge on any atom is -0.484 e. The Balaban J connectivity index is 1.66. The number of hydrogen-bond donors (Lipinski definition) is 1. The number of rotatable bonds is 7. The molecular weight excluding hydrogens is 564 g/mol. The lowest BCUT2D eigenvalue weighted by Gasteiger charge is -2.10. The summed E-state index contributed by atoms with van der Waals surface area (Å²) < 4.78 is 12.3. The number of nitrogens with zero attached hydrogens (tertiary/aromatic N) is 1. The lowest BCUT2D eigenvalue weighted by molar-refractivity contribution is -0.123. The average molecular weight is 581 g/mol. The van der Waals surface area contributed by atoms with Gasteiger partial charge in [-0.3, -0.25) is 4.79 Å². The van der Waals surface area contributed by atoms with Crippen molar-refractivity contribution in [1.82, 2.24) is 5.43 Å². The predicted octanol–water partition coefficient (Wildman–Crippen LogP) is 5.92. The molecule has 3 rings (SSSR count). The highest BCUT2D eigenvalue weighted by molar-refractivity contribution is 9.11. The fourth-order valence-corrected chi connectivity index (χ4v) is 4.03. The number of nitrogens with one attached hydrogen (secondary N) is 1. The number of aryl methyl sites for hydroxylation is 1. The number of hydrazone groups is 1.